The van der Waals surface area contributed by atoms with Crippen molar-refractivity contribution in [1.29, 1.82) is 0 Å². The van der Waals surface area contributed by atoms with Crippen molar-refractivity contribution in [1.82, 2.24) is 0 Å². The van der Waals surface area contributed by atoms with Gasteiger partial charge in [0.25, 0.3) is 0 Å². The van der Waals surface area contributed by atoms with E-state index in [1.54, 1.807) is 0 Å². The van der Waals surface area contributed by atoms with Crippen LogP contribution in [0.1, 0.15) is 5.56 Å². The Balaban J connectivity index is 1.98. The summed E-state index contributed by atoms with van der Waals surface area (Å²) in [6.07, 6.45) is 0. The van der Waals surface area contributed by atoms with E-state index in [0.29, 0.717) is 0 Å². The first-order chi connectivity index (χ1) is 10.8. The van der Waals surface area contributed by atoms with Crippen molar-refractivity contribution >= 4 is 38.3 Å². The fourth-order valence-corrected chi connectivity index (χ4v) is 3.12. The molecule has 0 saturated carbocycles. The maximum absolute atomic E-state index is 12.3. The second kappa shape index (κ2) is 4.95. The third kappa shape index (κ3) is 1.90. The van der Waals surface area contributed by atoms with Crippen molar-refractivity contribution in [3.8, 4) is 0 Å². The average Bonchev–Trinajstić information content (AvgIpc) is 2.58. The summed E-state index contributed by atoms with van der Waals surface area (Å²) < 4.78 is 17.2. The van der Waals surface area contributed by atoms with E-state index < -0.39 is 12.6 Å². The van der Waals surface area contributed by atoms with Crippen LogP contribution in [0.2, 0.25) is 0 Å². The van der Waals surface area contributed by atoms with Crippen molar-refractivity contribution in [2.24, 2.45) is 0 Å². The number of esters is 1. The Morgan fingerprint density at radius 2 is 1.50 bits per heavy atom. The minimum atomic E-state index is -1.09. The van der Waals surface area contributed by atoms with Crippen LogP contribution < -0.4 is 0 Å². The summed E-state index contributed by atoms with van der Waals surface area (Å²) in [5.41, 5.74) is 0.896. The van der Waals surface area contributed by atoms with E-state index >= 15 is 0 Å². The minimum absolute atomic E-state index is 0.0942. The van der Waals surface area contributed by atoms with Gasteiger partial charge in [0.05, 0.1) is 0 Å². The average molecular weight is 292 g/mol. The van der Waals surface area contributed by atoms with Crippen LogP contribution in [0.5, 0.6) is 0 Å². The number of alkyl halides is 1. The molecule has 3 heteroatoms. The van der Waals surface area contributed by atoms with Crippen LogP contribution in [0.3, 0.4) is 0 Å². The molecule has 0 heterocycles. The van der Waals surface area contributed by atoms with Crippen molar-refractivity contribution in [2.45, 2.75) is 6.61 Å². The smallest absolute Gasteiger partial charge is 0.337 e. The summed E-state index contributed by atoms with van der Waals surface area (Å²) >= 11 is 0. The van der Waals surface area contributed by atoms with Crippen molar-refractivity contribution in [3.63, 3.8) is 0 Å². The molecule has 0 unspecified atom stereocenters. The lowest BCUT2D eigenvalue weighted by Crippen LogP contribution is -2.06. The second-order valence-corrected chi connectivity index (χ2v) is 5.38. The Morgan fingerprint density at radius 1 is 0.864 bits per heavy atom. The van der Waals surface area contributed by atoms with Gasteiger partial charge in [0, 0.05) is 0 Å². The van der Waals surface area contributed by atoms with Gasteiger partial charge in [-0.05, 0) is 37.9 Å². The highest BCUT2D eigenvalue weighted by atomic mass is 19.1. The van der Waals surface area contributed by atoms with Crippen LogP contribution in [0, 0.1) is 0 Å². The van der Waals surface area contributed by atoms with Gasteiger partial charge in [0.1, 0.15) is 6.61 Å². The van der Waals surface area contributed by atoms with Crippen LogP contribution in [0.15, 0.2) is 54.6 Å². The van der Waals surface area contributed by atoms with Crippen LogP contribution in [0.25, 0.3) is 32.3 Å². The molecule has 0 saturated heterocycles. The first-order valence-electron chi connectivity index (χ1n) is 7.15. The van der Waals surface area contributed by atoms with E-state index in [-0.39, 0.29) is 6.61 Å². The first-order valence-corrected chi connectivity index (χ1v) is 7.15. The molecule has 22 heavy (non-hydrogen) atoms. The first kappa shape index (κ1) is 13.0. The van der Waals surface area contributed by atoms with Gasteiger partial charge in [-0.3, -0.25) is 0 Å². The Morgan fingerprint density at radius 3 is 2.23 bits per heavy atom. The standard InChI is InChI=1S/C19H13FO2/c20-10-17(21)22-11-15-7-6-14-5-4-12-2-1-3-13-8-9-16(15)19(14)18(12)13/h1-9H,10-11H2. The summed E-state index contributed by atoms with van der Waals surface area (Å²) in [4.78, 5) is 11.1. The minimum Gasteiger partial charge on any atom is -0.459 e. The molecule has 0 bridgehead atoms. The Labute approximate surface area is 126 Å². The topological polar surface area (TPSA) is 26.3 Å². The molecule has 0 amide bonds. The fraction of sp³-hybridized carbons (Fsp3) is 0.105. The lowest BCUT2D eigenvalue weighted by atomic mass is 9.92. The summed E-state index contributed by atoms with van der Waals surface area (Å²) in [6.45, 7) is -0.997. The zero-order valence-electron chi connectivity index (χ0n) is 11.8. The SMILES string of the molecule is O=C(CF)OCc1ccc2ccc3cccc4ccc1c2c34. The lowest BCUT2D eigenvalue weighted by molar-refractivity contribution is -0.145. The Bertz CT molecular complexity index is 975. The fourth-order valence-electron chi connectivity index (χ4n) is 3.12. The Hall–Kier alpha value is -2.68. The van der Waals surface area contributed by atoms with Crippen molar-refractivity contribution in [2.75, 3.05) is 6.67 Å². The third-order valence-electron chi connectivity index (χ3n) is 4.12. The van der Waals surface area contributed by atoms with Crippen LogP contribution in [-0.4, -0.2) is 12.6 Å². The molecule has 4 aromatic rings. The second-order valence-electron chi connectivity index (χ2n) is 5.38. The normalized spacial score (nSPS) is 11.5. The highest BCUT2D eigenvalue weighted by molar-refractivity contribution is 6.23. The quantitative estimate of drug-likeness (QED) is 0.407. The van der Waals surface area contributed by atoms with Crippen LogP contribution in [0.4, 0.5) is 4.39 Å². The number of halogens is 1. The van der Waals surface area contributed by atoms with Gasteiger partial charge in [-0.1, -0.05) is 54.6 Å². The summed E-state index contributed by atoms with van der Waals surface area (Å²) in [7, 11) is 0. The van der Waals surface area contributed by atoms with Gasteiger partial charge in [-0.25, -0.2) is 9.18 Å². The van der Waals surface area contributed by atoms with Crippen LogP contribution >= 0.6 is 0 Å². The van der Waals surface area contributed by atoms with Gasteiger partial charge in [-0.2, -0.15) is 0 Å². The number of rotatable bonds is 3. The van der Waals surface area contributed by atoms with E-state index in [0.717, 1.165) is 16.3 Å². The molecule has 2 nitrogen and oxygen atoms in total. The predicted octanol–water partition coefficient (Wildman–Crippen LogP) is 4.60. The van der Waals surface area contributed by atoms with Gasteiger partial charge in [-0.15, -0.1) is 0 Å². The Kier molecular flexibility index (Phi) is 2.93. The zero-order chi connectivity index (χ0) is 15.1. The number of hydrogen-bond donors (Lipinski definition) is 0. The summed E-state index contributed by atoms with van der Waals surface area (Å²) in [5.74, 6) is -0.828. The number of hydrogen-bond acceptors (Lipinski definition) is 2. The van der Waals surface area contributed by atoms with Gasteiger partial charge >= 0.3 is 5.97 Å². The molecule has 0 fully saturated rings. The molecule has 0 aliphatic carbocycles. The van der Waals surface area contributed by atoms with E-state index in [9.17, 15) is 9.18 Å². The van der Waals surface area contributed by atoms with E-state index in [1.165, 1.54) is 21.5 Å². The molecule has 0 atom stereocenters. The highest BCUT2D eigenvalue weighted by Crippen LogP contribution is 2.35. The van der Waals surface area contributed by atoms with E-state index in [1.807, 2.05) is 24.3 Å². The predicted molar refractivity (Wildman–Crippen MR) is 85.9 cm³/mol. The van der Waals surface area contributed by atoms with Crippen LogP contribution in [-0.2, 0) is 16.1 Å². The molecule has 0 aliphatic heterocycles. The number of carbonyl (C=O) groups excluding carboxylic acids is 1. The molecule has 0 radical (unpaired) electrons. The zero-order valence-corrected chi connectivity index (χ0v) is 11.8. The number of carbonyl (C=O) groups is 1. The molecule has 0 N–H and O–H groups in total. The van der Waals surface area contributed by atoms with E-state index in [2.05, 4.69) is 30.3 Å². The molecular formula is C19H13FO2. The van der Waals surface area contributed by atoms with Gasteiger partial charge in [0.2, 0.25) is 0 Å². The maximum atomic E-state index is 12.3. The molecular weight excluding hydrogens is 279 g/mol. The number of ether oxygens (including phenoxy) is 1. The molecule has 0 aromatic heterocycles. The molecule has 0 aliphatic rings. The van der Waals surface area contributed by atoms with Gasteiger partial charge in [0.15, 0.2) is 6.67 Å². The summed E-state index contributed by atoms with van der Waals surface area (Å²) in [5, 5.41) is 6.97. The maximum Gasteiger partial charge on any atom is 0.337 e. The largest absolute Gasteiger partial charge is 0.459 e. The third-order valence-corrected chi connectivity index (χ3v) is 4.12. The molecule has 4 aromatic carbocycles. The van der Waals surface area contributed by atoms with Crippen molar-refractivity contribution in [3.05, 3.63) is 60.2 Å². The van der Waals surface area contributed by atoms with Gasteiger partial charge < -0.3 is 4.74 Å². The monoisotopic (exact) mass is 292 g/mol. The molecule has 4 rings (SSSR count). The summed E-state index contributed by atoms with van der Waals surface area (Å²) in [6, 6.07) is 18.5. The molecule has 108 valence electrons. The number of benzene rings is 4. The van der Waals surface area contributed by atoms with Crippen molar-refractivity contribution < 1.29 is 13.9 Å². The highest BCUT2D eigenvalue weighted by Gasteiger charge is 2.11. The van der Waals surface area contributed by atoms with E-state index in [4.69, 9.17) is 4.74 Å². The molecule has 0 spiro atoms. The lowest BCUT2D eigenvalue weighted by Gasteiger charge is -2.13.